The molecule has 8 nitrogen and oxygen atoms in total. The smallest absolute Gasteiger partial charge is 0.443 e. The zero-order valence-electron chi connectivity index (χ0n) is 19.2. The maximum Gasteiger partial charge on any atom is 0.446 e. The molecular weight excluding hydrogens is 420 g/mol. The molecule has 0 saturated carbocycles. The zero-order valence-corrected chi connectivity index (χ0v) is 19.2. The maximum atomic E-state index is 13.5. The van der Waals surface area contributed by atoms with Gasteiger partial charge >= 0.3 is 5.88 Å². The number of Topliss-reactive ketones (excluding diaryl/α,β-unsaturated/α-hetero) is 1. The highest BCUT2D eigenvalue weighted by Crippen LogP contribution is 2.38. The molecule has 1 amide bonds. The molecule has 2 heterocycles. The number of ketones is 1. The number of amides is 1. The number of carbonyl (C=O) groups is 2. The van der Waals surface area contributed by atoms with Crippen LogP contribution in [0.1, 0.15) is 51.8 Å². The molecule has 0 fully saturated rings. The van der Waals surface area contributed by atoms with E-state index in [9.17, 15) is 14.8 Å². The van der Waals surface area contributed by atoms with Gasteiger partial charge in [-0.15, -0.1) is 0 Å². The molecule has 0 saturated heterocycles. The van der Waals surface area contributed by atoms with Gasteiger partial charge in [-0.05, 0) is 56.9 Å². The quantitative estimate of drug-likeness (QED) is 0.460. The van der Waals surface area contributed by atoms with Crippen molar-refractivity contribution in [2.75, 3.05) is 12.4 Å². The van der Waals surface area contributed by atoms with Crippen molar-refractivity contribution < 1.29 is 24.4 Å². The molecule has 8 heteroatoms. The molecule has 1 unspecified atom stereocenters. The van der Waals surface area contributed by atoms with Crippen LogP contribution in [-0.4, -0.2) is 34.1 Å². The highest BCUT2D eigenvalue weighted by atomic mass is 16.6. The Morgan fingerprint density at radius 1 is 1.21 bits per heavy atom. The van der Waals surface area contributed by atoms with Crippen molar-refractivity contribution in [2.45, 2.75) is 45.4 Å². The van der Waals surface area contributed by atoms with Crippen molar-refractivity contribution >= 4 is 17.5 Å². The second-order valence-electron chi connectivity index (χ2n) is 8.67. The predicted octanol–water partition coefficient (Wildman–Crippen LogP) is 2.89. The van der Waals surface area contributed by atoms with E-state index in [0.717, 1.165) is 16.7 Å². The van der Waals surface area contributed by atoms with Crippen LogP contribution in [-0.2, 0) is 23.1 Å². The molecule has 4 rings (SSSR count). The number of anilines is 1. The van der Waals surface area contributed by atoms with Gasteiger partial charge in [0.05, 0.1) is 35.8 Å². The minimum atomic E-state index is -0.910. The van der Waals surface area contributed by atoms with Crippen LogP contribution in [0.4, 0.5) is 5.82 Å². The topological polar surface area (TPSA) is 105 Å². The number of hydrogen-bond acceptors (Lipinski definition) is 6. The summed E-state index contributed by atoms with van der Waals surface area (Å²) in [5, 5.41) is 17.0. The Morgan fingerprint density at radius 2 is 1.94 bits per heavy atom. The molecule has 2 aromatic heterocycles. The Labute approximate surface area is 192 Å². The SMILES string of the molecule is COc1ccc(C2(C)CCc3nc(NC(=O)Cc4ccc(C)cc4)cc(C)c3C2=O)n[n+]1O. The van der Waals surface area contributed by atoms with Crippen molar-refractivity contribution in [1.29, 1.82) is 0 Å². The van der Waals surface area contributed by atoms with Crippen LogP contribution in [0.25, 0.3) is 0 Å². The summed E-state index contributed by atoms with van der Waals surface area (Å²) >= 11 is 0. The summed E-state index contributed by atoms with van der Waals surface area (Å²) in [4.78, 5) is 31.3. The summed E-state index contributed by atoms with van der Waals surface area (Å²) in [6.45, 7) is 5.67. The summed E-state index contributed by atoms with van der Waals surface area (Å²) < 4.78 is 5.03. The lowest BCUT2D eigenvalue weighted by atomic mass is 9.70. The number of methoxy groups -OCH3 is 1. The average molecular weight is 448 g/mol. The lowest BCUT2D eigenvalue weighted by Crippen LogP contribution is -2.44. The van der Waals surface area contributed by atoms with E-state index >= 15 is 0 Å². The Bertz CT molecular complexity index is 1240. The molecular formula is C25H27N4O4+. The number of benzene rings is 1. The highest BCUT2D eigenvalue weighted by molar-refractivity contribution is 6.06. The van der Waals surface area contributed by atoms with Gasteiger partial charge in [0.2, 0.25) is 5.91 Å². The molecule has 1 atom stereocenters. The zero-order chi connectivity index (χ0) is 23.8. The van der Waals surface area contributed by atoms with E-state index in [0.29, 0.717) is 40.5 Å². The standard InChI is InChI=1S/C25H26N4O4/c1-15-5-7-17(8-6-15)14-21(30)27-20-13-16(2)23-18(26-20)11-12-25(3,24(23)31)19-9-10-22(33-4)29(32)28-19/h5-10,13H,11-12,14H2,1-4H3,(H-,26,27,28,30,31,32)/p+1. The van der Waals surface area contributed by atoms with Gasteiger partial charge in [-0.3, -0.25) is 14.8 Å². The van der Waals surface area contributed by atoms with Crippen molar-refractivity contribution in [3.63, 3.8) is 0 Å². The van der Waals surface area contributed by atoms with Crippen LogP contribution >= 0.6 is 0 Å². The van der Waals surface area contributed by atoms with Crippen LogP contribution in [0.15, 0.2) is 42.5 Å². The lowest BCUT2D eigenvalue weighted by Gasteiger charge is -2.32. The first-order valence-electron chi connectivity index (χ1n) is 10.8. The number of nitrogens with one attached hydrogen (secondary N) is 1. The molecule has 2 N–H and O–H groups in total. The van der Waals surface area contributed by atoms with Crippen molar-refractivity contribution in [2.24, 2.45) is 0 Å². The van der Waals surface area contributed by atoms with Gasteiger partial charge in [0.25, 0.3) is 0 Å². The largest absolute Gasteiger partial charge is 0.446 e. The summed E-state index contributed by atoms with van der Waals surface area (Å²) in [6.07, 6.45) is 1.27. The third-order valence-electron chi connectivity index (χ3n) is 6.19. The van der Waals surface area contributed by atoms with Crippen molar-refractivity contribution in [3.8, 4) is 5.88 Å². The molecule has 0 spiro atoms. The number of aromatic nitrogens is 3. The molecule has 1 aliphatic rings. The summed E-state index contributed by atoms with van der Waals surface area (Å²) in [7, 11) is 1.43. The van der Waals surface area contributed by atoms with E-state index in [2.05, 4.69) is 15.4 Å². The molecule has 170 valence electrons. The van der Waals surface area contributed by atoms with Crippen LogP contribution in [0, 0.1) is 13.8 Å². The minimum absolute atomic E-state index is 0.107. The summed E-state index contributed by atoms with van der Waals surface area (Å²) in [5.74, 6) is 0.349. The van der Waals surface area contributed by atoms with Crippen LogP contribution < -0.4 is 14.9 Å². The minimum Gasteiger partial charge on any atom is -0.443 e. The highest BCUT2D eigenvalue weighted by Gasteiger charge is 2.44. The van der Waals surface area contributed by atoms with Gasteiger partial charge in [-0.1, -0.05) is 29.8 Å². The number of pyridine rings is 1. The Kier molecular flexibility index (Phi) is 5.84. The fourth-order valence-electron chi connectivity index (χ4n) is 4.22. The second-order valence-corrected chi connectivity index (χ2v) is 8.67. The number of hydrogen-bond donors (Lipinski definition) is 2. The van der Waals surface area contributed by atoms with Gasteiger partial charge < -0.3 is 10.1 Å². The van der Waals surface area contributed by atoms with Crippen LogP contribution in [0.2, 0.25) is 0 Å². The monoisotopic (exact) mass is 447 g/mol. The third-order valence-corrected chi connectivity index (χ3v) is 6.19. The number of ether oxygens (including phenoxy) is 1. The molecule has 1 aromatic carbocycles. The van der Waals surface area contributed by atoms with Gasteiger partial charge in [0, 0.05) is 5.56 Å². The van der Waals surface area contributed by atoms with E-state index in [1.807, 2.05) is 45.0 Å². The first-order valence-corrected chi connectivity index (χ1v) is 10.8. The normalized spacial score (nSPS) is 17.4. The van der Waals surface area contributed by atoms with E-state index in [4.69, 9.17) is 4.74 Å². The Hall–Kier alpha value is -3.81. The molecule has 33 heavy (non-hydrogen) atoms. The number of rotatable bonds is 5. The van der Waals surface area contributed by atoms with Gasteiger partial charge in [0.1, 0.15) is 11.5 Å². The number of nitrogens with zero attached hydrogens (tertiary/aromatic N) is 3. The van der Waals surface area contributed by atoms with E-state index in [1.165, 1.54) is 7.11 Å². The Morgan fingerprint density at radius 3 is 2.61 bits per heavy atom. The van der Waals surface area contributed by atoms with Crippen LogP contribution in [0.3, 0.4) is 0 Å². The van der Waals surface area contributed by atoms with Gasteiger partial charge in [-0.2, -0.15) is 0 Å². The summed E-state index contributed by atoms with van der Waals surface area (Å²) in [5.41, 5.74) is 3.55. The fraction of sp³-hybridized carbons (Fsp3) is 0.320. The predicted molar refractivity (Wildman–Crippen MR) is 121 cm³/mol. The van der Waals surface area contributed by atoms with E-state index in [1.54, 1.807) is 18.2 Å². The first kappa shape index (κ1) is 22.4. The molecule has 0 bridgehead atoms. The molecule has 3 aromatic rings. The van der Waals surface area contributed by atoms with E-state index in [-0.39, 0.29) is 24.0 Å². The summed E-state index contributed by atoms with van der Waals surface area (Å²) in [6, 6.07) is 12.8. The number of aryl methyl sites for hydroxylation is 3. The molecule has 0 aliphatic heterocycles. The maximum absolute atomic E-state index is 13.5. The lowest BCUT2D eigenvalue weighted by molar-refractivity contribution is -0.950. The molecule has 0 radical (unpaired) electrons. The Balaban J connectivity index is 1.57. The average Bonchev–Trinajstić information content (AvgIpc) is 2.77. The molecule has 1 aliphatic carbocycles. The van der Waals surface area contributed by atoms with Crippen molar-refractivity contribution in [3.05, 3.63) is 76.1 Å². The second kappa shape index (κ2) is 8.61. The number of fused-ring (bicyclic) bond motifs is 1. The van der Waals surface area contributed by atoms with Crippen LogP contribution in [0.5, 0.6) is 5.88 Å². The van der Waals surface area contributed by atoms with Gasteiger partial charge in [0.15, 0.2) is 10.6 Å². The fourth-order valence-corrected chi connectivity index (χ4v) is 4.22. The van der Waals surface area contributed by atoms with E-state index < -0.39 is 5.41 Å². The first-order chi connectivity index (χ1) is 15.7. The van der Waals surface area contributed by atoms with Gasteiger partial charge in [-0.25, -0.2) is 4.98 Å². The number of carbonyl (C=O) groups excluding carboxylic acids is 2. The van der Waals surface area contributed by atoms with Crippen molar-refractivity contribution in [1.82, 2.24) is 10.1 Å². The third kappa shape index (κ3) is 4.28.